The van der Waals surface area contributed by atoms with Gasteiger partial charge in [0.15, 0.2) is 0 Å². The minimum absolute atomic E-state index is 1.12. The van der Waals surface area contributed by atoms with Crippen LogP contribution in [0.25, 0.3) is 0 Å². The number of rotatable bonds is 3. The molecule has 0 amide bonds. The molecule has 0 saturated carbocycles. The number of benzene rings is 2. The molecule has 0 aromatic heterocycles. The van der Waals surface area contributed by atoms with Gasteiger partial charge in [-0.1, -0.05) is 22.0 Å². The molecule has 0 saturated heterocycles. The Bertz CT molecular complexity index is 552. The molecule has 0 unspecified atom stereocenters. The van der Waals surface area contributed by atoms with Crippen LogP contribution < -0.4 is 10.2 Å². The van der Waals surface area contributed by atoms with Crippen LogP contribution in [-0.2, 0) is 0 Å². The third kappa shape index (κ3) is 2.67. The molecule has 0 bridgehead atoms. The van der Waals surface area contributed by atoms with Crippen LogP contribution >= 0.6 is 15.9 Å². The van der Waals surface area contributed by atoms with Gasteiger partial charge in [0.2, 0.25) is 0 Å². The predicted molar refractivity (Wildman–Crippen MR) is 82.9 cm³/mol. The van der Waals surface area contributed by atoms with Gasteiger partial charge in [0.25, 0.3) is 0 Å². The summed E-state index contributed by atoms with van der Waals surface area (Å²) in [6.07, 6.45) is 0. The Morgan fingerprint density at radius 3 is 2.44 bits per heavy atom. The van der Waals surface area contributed by atoms with Crippen molar-refractivity contribution in [2.45, 2.75) is 6.92 Å². The number of aryl methyl sites for hydroxylation is 1. The molecule has 94 valence electrons. The van der Waals surface area contributed by atoms with Crippen LogP contribution in [0.3, 0.4) is 0 Å². The van der Waals surface area contributed by atoms with Crippen molar-refractivity contribution in [2.75, 3.05) is 24.3 Å². The molecule has 0 radical (unpaired) electrons. The third-order valence-electron chi connectivity index (χ3n) is 3.05. The molecule has 0 spiro atoms. The van der Waals surface area contributed by atoms with E-state index in [0.717, 1.165) is 10.2 Å². The zero-order valence-corrected chi connectivity index (χ0v) is 12.5. The lowest BCUT2D eigenvalue weighted by Gasteiger charge is -2.21. The van der Waals surface area contributed by atoms with Crippen molar-refractivity contribution in [3.05, 3.63) is 52.5 Å². The topological polar surface area (TPSA) is 15.3 Å². The summed E-state index contributed by atoms with van der Waals surface area (Å²) < 4.78 is 1.14. The minimum atomic E-state index is 1.12. The molecule has 0 aliphatic heterocycles. The Morgan fingerprint density at radius 1 is 1.06 bits per heavy atom. The lowest BCUT2D eigenvalue weighted by Crippen LogP contribution is -2.09. The van der Waals surface area contributed by atoms with Gasteiger partial charge in [0.05, 0.1) is 0 Å². The number of halogens is 1. The van der Waals surface area contributed by atoms with E-state index in [9.17, 15) is 0 Å². The molecule has 2 nitrogen and oxygen atoms in total. The van der Waals surface area contributed by atoms with Crippen molar-refractivity contribution in [3.8, 4) is 0 Å². The van der Waals surface area contributed by atoms with Crippen LogP contribution in [0.15, 0.2) is 46.9 Å². The van der Waals surface area contributed by atoms with Gasteiger partial charge < -0.3 is 10.2 Å². The molecule has 0 atom stereocenters. The maximum atomic E-state index is 3.53. The van der Waals surface area contributed by atoms with Gasteiger partial charge in [-0.05, 0) is 48.9 Å². The van der Waals surface area contributed by atoms with E-state index in [1.807, 2.05) is 7.05 Å². The summed E-state index contributed by atoms with van der Waals surface area (Å²) in [6, 6.07) is 14.7. The Balaban J connectivity index is 2.34. The molecule has 2 rings (SSSR count). The van der Waals surface area contributed by atoms with E-state index in [1.54, 1.807) is 0 Å². The van der Waals surface area contributed by atoms with Crippen molar-refractivity contribution in [1.82, 2.24) is 0 Å². The first-order valence-electron chi connectivity index (χ1n) is 5.89. The van der Waals surface area contributed by atoms with E-state index >= 15 is 0 Å². The quantitative estimate of drug-likeness (QED) is 0.894. The average Bonchev–Trinajstić information content (AvgIpc) is 2.41. The molecule has 0 heterocycles. The van der Waals surface area contributed by atoms with Gasteiger partial charge >= 0.3 is 0 Å². The summed E-state index contributed by atoms with van der Waals surface area (Å²) in [5.74, 6) is 0. The van der Waals surface area contributed by atoms with Crippen LogP contribution in [0.1, 0.15) is 5.56 Å². The summed E-state index contributed by atoms with van der Waals surface area (Å²) in [5, 5.41) is 3.16. The fourth-order valence-corrected chi connectivity index (χ4v) is 2.10. The summed E-state index contributed by atoms with van der Waals surface area (Å²) in [6.45, 7) is 2.10. The Labute approximate surface area is 117 Å². The highest BCUT2D eigenvalue weighted by molar-refractivity contribution is 9.10. The van der Waals surface area contributed by atoms with Gasteiger partial charge in [-0.2, -0.15) is 0 Å². The standard InChI is InChI=1S/C15H17BrN2/c1-11-9-14(7-8-15(11)16)18(3)13-6-4-5-12(10-13)17-2/h4-10,17H,1-3H3. The van der Waals surface area contributed by atoms with Crippen LogP contribution in [0.5, 0.6) is 0 Å². The van der Waals surface area contributed by atoms with Crippen molar-refractivity contribution in [1.29, 1.82) is 0 Å². The maximum Gasteiger partial charge on any atom is 0.0428 e. The predicted octanol–water partition coefficient (Wildman–Crippen LogP) is 4.57. The first kappa shape index (κ1) is 13.0. The van der Waals surface area contributed by atoms with Gasteiger partial charge in [-0.25, -0.2) is 0 Å². The van der Waals surface area contributed by atoms with Gasteiger partial charge in [-0.15, -0.1) is 0 Å². The molecule has 18 heavy (non-hydrogen) atoms. The lowest BCUT2D eigenvalue weighted by atomic mass is 10.2. The first-order chi connectivity index (χ1) is 8.61. The molecular formula is C15H17BrN2. The van der Waals surface area contributed by atoms with E-state index in [4.69, 9.17) is 0 Å². The zero-order chi connectivity index (χ0) is 13.1. The highest BCUT2D eigenvalue weighted by Gasteiger charge is 2.05. The van der Waals surface area contributed by atoms with E-state index in [2.05, 4.69) is 82.6 Å². The van der Waals surface area contributed by atoms with Crippen molar-refractivity contribution in [3.63, 3.8) is 0 Å². The Morgan fingerprint density at radius 2 is 1.78 bits per heavy atom. The normalized spacial score (nSPS) is 10.2. The van der Waals surface area contributed by atoms with Gasteiger partial charge in [0, 0.05) is 35.6 Å². The fraction of sp³-hybridized carbons (Fsp3) is 0.200. The SMILES string of the molecule is CNc1cccc(N(C)c2ccc(Br)c(C)c2)c1. The lowest BCUT2D eigenvalue weighted by molar-refractivity contribution is 1.20. The number of nitrogens with one attached hydrogen (secondary N) is 1. The number of hydrogen-bond donors (Lipinski definition) is 1. The number of anilines is 3. The van der Waals surface area contributed by atoms with Gasteiger partial charge in [-0.3, -0.25) is 0 Å². The summed E-state index contributed by atoms with van der Waals surface area (Å²) in [4.78, 5) is 2.18. The Kier molecular flexibility index (Phi) is 3.92. The molecular weight excluding hydrogens is 288 g/mol. The van der Waals surface area contributed by atoms with Crippen LogP contribution in [0.2, 0.25) is 0 Å². The van der Waals surface area contributed by atoms with E-state index in [0.29, 0.717) is 0 Å². The zero-order valence-electron chi connectivity index (χ0n) is 10.9. The summed E-state index contributed by atoms with van der Waals surface area (Å²) in [7, 11) is 4.01. The van der Waals surface area contributed by atoms with E-state index in [-0.39, 0.29) is 0 Å². The molecule has 2 aromatic carbocycles. The van der Waals surface area contributed by atoms with Crippen LogP contribution in [-0.4, -0.2) is 14.1 Å². The second kappa shape index (κ2) is 5.44. The van der Waals surface area contributed by atoms with Gasteiger partial charge in [0.1, 0.15) is 0 Å². The van der Waals surface area contributed by atoms with Crippen LogP contribution in [0, 0.1) is 6.92 Å². The second-order valence-electron chi connectivity index (χ2n) is 4.29. The molecule has 2 aromatic rings. The van der Waals surface area contributed by atoms with E-state index < -0.39 is 0 Å². The van der Waals surface area contributed by atoms with Crippen molar-refractivity contribution < 1.29 is 0 Å². The summed E-state index contributed by atoms with van der Waals surface area (Å²) in [5.41, 5.74) is 4.71. The molecule has 1 N–H and O–H groups in total. The Hall–Kier alpha value is -1.48. The minimum Gasteiger partial charge on any atom is -0.388 e. The largest absolute Gasteiger partial charge is 0.388 e. The van der Waals surface area contributed by atoms with Crippen molar-refractivity contribution in [2.24, 2.45) is 0 Å². The highest BCUT2D eigenvalue weighted by atomic mass is 79.9. The number of nitrogens with zero attached hydrogens (tertiary/aromatic N) is 1. The highest BCUT2D eigenvalue weighted by Crippen LogP contribution is 2.28. The van der Waals surface area contributed by atoms with Crippen LogP contribution in [0.4, 0.5) is 17.1 Å². The number of hydrogen-bond acceptors (Lipinski definition) is 2. The monoisotopic (exact) mass is 304 g/mol. The maximum absolute atomic E-state index is 3.53. The van der Waals surface area contributed by atoms with Crippen molar-refractivity contribution >= 4 is 33.0 Å². The molecule has 0 fully saturated rings. The fourth-order valence-electron chi connectivity index (χ4n) is 1.86. The van der Waals surface area contributed by atoms with E-state index in [1.165, 1.54) is 16.9 Å². The molecule has 0 aliphatic rings. The molecule has 0 aliphatic carbocycles. The third-order valence-corrected chi connectivity index (χ3v) is 3.94. The second-order valence-corrected chi connectivity index (χ2v) is 5.15. The molecule has 3 heteroatoms. The summed E-state index contributed by atoms with van der Waals surface area (Å²) >= 11 is 3.53. The smallest absolute Gasteiger partial charge is 0.0428 e. The first-order valence-corrected chi connectivity index (χ1v) is 6.69. The average molecular weight is 305 g/mol.